The molecule has 1 aliphatic rings. The number of fused-ring (bicyclic) bond motifs is 1. The number of rotatable bonds is 2. The number of hydrogen-bond acceptors (Lipinski definition) is 3. The first-order valence-electron chi connectivity index (χ1n) is 3.83. The second kappa shape index (κ2) is 4.34. The summed E-state index contributed by atoms with van der Waals surface area (Å²) in [5, 5.41) is 0.136. The zero-order chi connectivity index (χ0) is 9.97. The van der Waals surface area contributed by atoms with Crippen molar-refractivity contribution in [1.82, 2.24) is 0 Å². The van der Waals surface area contributed by atoms with Gasteiger partial charge in [-0.25, -0.2) is 0 Å². The maximum atomic E-state index is 5.61. The lowest BCUT2D eigenvalue weighted by Crippen LogP contribution is -1.88. The highest BCUT2D eigenvalue weighted by molar-refractivity contribution is 7.99. The van der Waals surface area contributed by atoms with Gasteiger partial charge in [0.05, 0.1) is 10.4 Å². The molecule has 74 valence electrons. The zero-order valence-corrected chi connectivity index (χ0v) is 9.33. The normalized spacial score (nSPS) is 14.9. The summed E-state index contributed by atoms with van der Waals surface area (Å²) in [5.41, 5.74) is 1.17. The summed E-state index contributed by atoms with van der Waals surface area (Å²) in [6.07, 6.45) is 0. The fraction of sp³-hybridized carbons (Fsp3) is 0.111. The Morgan fingerprint density at radius 1 is 1.57 bits per heavy atom. The Morgan fingerprint density at radius 2 is 2.43 bits per heavy atom. The molecule has 0 unspecified atom stereocenters. The molecular weight excluding hydrogens is 243 g/mol. The molecule has 0 aromatic heterocycles. The molecule has 0 amide bonds. The van der Waals surface area contributed by atoms with E-state index in [-0.39, 0.29) is 5.22 Å². The number of ether oxygens (including phenoxy) is 2. The van der Waals surface area contributed by atoms with E-state index in [0.717, 1.165) is 10.6 Å². The lowest BCUT2D eigenvalue weighted by molar-refractivity contribution is 0.392. The second-order valence-corrected chi connectivity index (χ2v) is 4.09. The van der Waals surface area contributed by atoms with Crippen LogP contribution in [0, 0.1) is 0 Å². The van der Waals surface area contributed by atoms with E-state index in [1.165, 1.54) is 5.54 Å². The van der Waals surface area contributed by atoms with Gasteiger partial charge in [-0.3, -0.25) is 0 Å². The van der Waals surface area contributed by atoms with Gasteiger partial charge in [-0.1, -0.05) is 23.4 Å². The number of halogens is 2. The molecule has 5 heteroatoms. The van der Waals surface area contributed by atoms with Crippen molar-refractivity contribution in [1.29, 1.82) is 0 Å². The molecule has 14 heavy (non-hydrogen) atoms. The summed E-state index contributed by atoms with van der Waals surface area (Å²) in [6, 6.07) is 5.54. The van der Waals surface area contributed by atoms with Crippen LogP contribution in [0.3, 0.4) is 0 Å². The highest BCUT2D eigenvalue weighted by Crippen LogP contribution is 2.38. The van der Waals surface area contributed by atoms with Crippen LogP contribution in [-0.2, 0) is 0 Å². The van der Waals surface area contributed by atoms with Crippen molar-refractivity contribution < 1.29 is 9.47 Å². The van der Waals surface area contributed by atoms with Gasteiger partial charge >= 0.3 is 0 Å². The van der Waals surface area contributed by atoms with Crippen LogP contribution >= 0.6 is 35.0 Å². The smallest absolute Gasteiger partial charge is 0.205 e. The third-order valence-corrected chi connectivity index (χ3v) is 3.03. The summed E-state index contributed by atoms with van der Waals surface area (Å²) in [5.74, 6) is 2.09. The molecule has 1 aromatic carbocycles. The Morgan fingerprint density at radius 3 is 3.21 bits per heavy atom. The number of benzene rings is 1. The largest absolute Gasteiger partial charge is 0.481 e. The summed E-state index contributed by atoms with van der Waals surface area (Å²) in [4.78, 5) is 1.11. The quantitative estimate of drug-likeness (QED) is 0.743. The molecule has 0 fully saturated rings. The Kier molecular flexibility index (Phi) is 3.11. The summed E-state index contributed by atoms with van der Waals surface area (Å²) < 4.78 is 10.5. The summed E-state index contributed by atoms with van der Waals surface area (Å²) in [6.45, 7) is 0. The lowest BCUT2D eigenvalue weighted by Gasteiger charge is -2.04. The Balaban J connectivity index is 2.21. The molecule has 1 aliphatic heterocycles. The molecule has 0 aliphatic carbocycles. The average molecular weight is 249 g/mol. The maximum Gasteiger partial charge on any atom is 0.205 e. The lowest BCUT2D eigenvalue weighted by atomic mass is 10.3. The Bertz CT molecular complexity index is 379. The molecular formula is C9H6Cl2O2S. The van der Waals surface area contributed by atoms with Gasteiger partial charge in [0.25, 0.3) is 0 Å². The highest BCUT2D eigenvalue weighted by atomic mass is 35.5. The molecule has 2 nitrogen and oxygen atoms in total. The molecule has 2 rings (SSSR count). The summed E-state index contributed by atoms with van der Waals surface area (Å²) in [7, 11) is 0. The van der Waals surface area contributed by atoms with Crippen molar-refractivity contribution in [2.75, 3.05) is 5.94 Å². The fourth-order valence-corrected chi connectivity index (χ4v) is 1.95. The van der Waals surface area contributed by atoms with Crippen LogP contribution in [0.5, 0.6) is 11.5 Å². The first kappa shape index (κ1) is 10.0. The minimum atomic E-state index is 0.136. The van der Waals surface area contributed by atoms with Crippen molar-refractivity contribution in [3.05, 3.63) is 29.0 Å². The molecule has 1 heterocycles. The van der Waals surface area contributed by atoms with Crippen molar-refractivity contribution in [3.63, 3.8) is 0 Å². The van der Waals surface area contributed by atoms with Crippen LogP contribution < -0.4 is 9.47 Å². The van der Waals surface area contributed by atoms with Crippen molar-refractivity contribution in [2.24, 2.45) is 0 Å². The third-order valence-electron chi connectivity index (χ3n) is 1.65. The number of hydrogen-bond donors (Lipinski definition) is 0. The van der Waals surface area contributed by atoms with E-state index in [1.54, 1.807) is 17.8 Å². The van der Waals surface area contributed by atoms with Gasteiger partial charge in [-0.05, 0) is 23.7 Å². The molecule has 0 saturated heterocycles. The molecule has 0 bridgehead atoms. The van der Waals surface area contributed by atoms with Crippen molar-refractivity contribution in [2.45, 2.75) is 4.90 Å². The predicted molar refractivity (Wildman–Crippen MR) is 58.2 cm³/mol. The number of thioether (sulfide) groups is 1. The van der Waals surface area contributed by atoms with E-state index in [2.05, 4.69) is 0 Å². The minimum absolute atomic E-state index is 0.136. The van der Waals surface area contributed by atoms with E-state index in [0.29, 0.717) is 11.7 Å². The molecule has 0 N–H and O–H groups in total. The molecule has 0 atom stereocenters. The van der Waals surface area contributed by atoms with Crippen molar-refractivity contribution >= 4 is 35.0 Å². The molecule has 0 saturated carbocycles. The highest BCUT2D eigenvalue weighted by Gasteiger charge is 2.13. The van der Waals surface area contributed by atoms with Gasteiger partial charge in [-0.15, -0.1) is 0 Å². The van der Waals surface area contributed by atoms with Crippen LogP contribution in [0.2, 0.25) is 0 Å². The Labute approximate surface area is 95.8 Å². The van der Waals surface area contributed by atoms with Crippen molar-refractivity contribution in [3.8, 4) is 11.5 Å². The zero-order valence-electron chi connectivity index (χ0n) is 7.00. The van der Waals surface area contributed by atoms with E-state index in [1.807, 2.05) is 12.1 Å². The standard InChI is InChI=1S/C9H6Cl2O2S/c10-4-9(11)13-6-1-2-8-7(3-6)12-5-14-8/h1-4H,5H2/b9-4-. The summed E-state index contributed by atoms with van der Waals surface area (Å²) >= 11 is 12.6. The topological polar surface area (TPSA) is 18.5 Å². The average Bonchev–Trinajstić information content (AvgIpc) is 2.64. The van der Waals surface area contributed by atoms with Gasteiger partial charge < -0.3 is 9.47 Å². The first-order valence-corrected chi connectivity index (χ1v) is 5.63. The van der Waals surface area contributed by atoms with Gasteiger partial charge in [0.15, 0.2) is 0 Å². The van der Waals surface area contributed by atoms with Gasteiger partial charge in [-0.2, -0.15) is 0 Å². The second-order valence-electron chi connectivity index (χ2n) is 2.53. The monoisotopic (exact) mass is 248 g/mol. The minimum Gasteiger partial charge on any atom is -0.481 e. The van der Waals surface area contributed by atoms with Crippen LogP contribution in [-0.4, -0.2) is 5.94 Å². The van der Waals surface area contributed by atoms with Crippen LogP contribution in [0.15, 0.2) is 33.8 Å². The van der Waals surface area contributed by atoms with Gasteiger partial charge in [0, 0.05) is 6.07 Å². The van der Waals surface area contributed by atoms with Gasteiger partial charge in [0.1, 0.15) is 17.4 Å². The maximum absolute atomic E-state index is 5.61. The molecule has 0 spiro atoms. The van der Waals surface area contributed by atoms with Gasteiger partial charge in [0.2, 0.25) is 5.22 Å². The third kappa shape index (κ3) is 2.11. The predicted octanol–water partition coefficient (Wildman–Crippen LogP) is 3.78. The van der Waals surface area contributed by atoms with Crippen LogP contribution in [0.25, 0.3) is 0 Å². The van der Waals surface area contributed by atoms with E-state index >= 15 is 0 Å². The Hall–Kier alpha value is -0.510. The molecule has 1 aromatic rings. The van der Waals surface area contributed by atoms with Crippen LogP contribution in [0.4, 0.5) is 0 Å². The SMILES string of the molecule is Cl/C=C(/Cl)Oc1ccc2c(c1)OCS2. The van der Waals surface area contributed by atoms with E-state index < -0.39 is 0 Å². The van der Waals surface area contributed by atoms with E-state index in [4.69, 9.17) is 32.7 Å². The van der Waals surface area contributed by atoms with Crippen LogP contribution in [0.1, 0.15) is 0 Å². The molecule has 0 radical (unpaired) electrons. The fourth-order valence-electron chi connectivity index (χ4n) is 1.08. The van der Waals surface area contributed by atoms with E-state index in [9.17, 15) is 0 Å². The first-order chi connectivity index (χ1) is 6.79.